The molecule has 0 aromatic carbocycles. The van der Waals surface area contributed by atoms with Gasteiger partial charge in [-0.25, -0.2) is 15.0 Å². The van der Waals surface area contributed by atoms with E-state index >= 15 is 0 Å². The van der Waals surface area contributed by atoms with Crippen LogP contribution < -0.4 is 0 Å². The summed E-state index contributed by atoms with van der Waals surface area (Å²) in [6.45, 7) is 0.580. The summed E-state index contributed by atoms with van der Waals surface area (Å²) in [5.41, 5.74) is 0.722. The van der Waals surface area contributed by atoms with Gasteiger partial charge in [0.2, 0.25) is 0 Å². The number of hydrogen-bond acceptors (Lipinski definition) is 4. The van der Waals surface area contributed by atoms with Gasteiger partial charge >= 0.3 is 0 Å². The number of aliphatic hydroxyl groups is 1. The largest absolute Gasteiger partial charge is 0.392 e. The zero-order valence-electron chi connectivity index (χ0n) is 7.54. The van der Waals surface area contributed by atoms with Gasteiger partial charge in [0.05, 0.1) is 19.5 Å². The molecule has 2 heterocycles. The van der Waals surface area contributed by atoms with Gasteiger partial charge in [-0.1, -0.05) is 0 Å². The molecule has 2 rings (SSSR count). The topological polar surface area (TPSA) is 63.8 Å². The third kappa shape index (κ3) is 1.94. The highest BCUT2D eigenvalue weighted by Crippen LogP contribution is 1.98. The lowest BCUT2D eigenvalue weighted by atomic mass is 10.4. The van der Waals surface area contributed by atoms with Gasteiger partial charge in [0.25, 0.3) is 0 Å². The highest BCUT2D eigenvalue weighted by atomic mass is 16.3. The minimum atomic E-state index is -0.0225. The lowest BCUT2D eigenvalue weighted by Gasteiger charge is -2.00. The van der Waals surface area contributed by atoms with Gasteiger partial charge in [-0.15, -0.1) is 0 Å². The van der Waals surface area contributed by atoms with E-state index < -0.39 is 0 Å². The first kappa shape index (κ1) is 8.83. The molecule has 14 heavy (non-hydrogen) atoms. The summed E-state index contributed by atoms with van der Waals surface area (Å²) >= 11 is 0. The molecule has 0 aliphatic heterocycles. The van der Waals surface area contributed by atoms with Crippen molar-refractivity contribution in [1.82, 2.24) is 19.5 Å². The van der Waals surface area contributed by atoms with Gasteiger partial charge in [-0.05, 0) is 0 Å². The van der Waals surface area contributed by atoms with Gasteiger partial charge < -0.3 is 9.67 Å². The van der Waals surface area contributed by atoms with E-state index in [1.165, 1.54) is 0 Å². The Morgan fingerprint density at radius 3 is 2.64 bits per heavy atom. The highest BCUT2D eigenvalue weighted by Gasteiger charge is 1.97. The van der Waals surface area contributed by atoms with E-state index in [1.807, 2.05) is 10.8 Å². The van der Waals surface area contributed by atoms with Crippen molar-refractivity contribution >= 4 is 0 Å². The quantitative estimate of drug-likeness (QED) is 0.751. The molecular formula is C9H10N4O. The SMILES string of the molecule is OCc1cnc(Cn2ccnc2)nc1. The van der Waals surface area contributed by atoms with Crippen molar-refractivity contribution in [3.8, 4) is 0 Å². The van der Waals surface area contributed by atoms with Crippen LogP contribution in [0.25, 0.3) is 0 Å². The molecule has 5 nitrogen and oxygen atoms in total. The third-order valence-corrected chi connectivity index (χ3v) is 1.82. The van der Waals surface area contributed by atoms with Crippen LogP contribution in [0.5, 0.6) is 0 Å². The summed E-state index contributed by atoms with van der Waals surface area (Å²) in [6, 6.07) is 0. The van der Waals surface area contributed by atoms with Crippen LogP contribution in [0.4, 0.5) is 0 Å². The summed E-state index contributed by atoms with van der Waals surface area (Å²) in [6.07, 6.45) is 8.52. The van der Waals surface area contributed by atoms with Crippen LogP contribution in [-0.2, 0) is 13.2 Å². The minimum absolute atomic E-state index is 0.0225. The second-order valence-corrected chi connectivity index (χ2v) is 2.90. The lowest BCUT2D eigenvalue weighted by Crippen LogP contribution is -2.02. The number of imidazole rings is 1. The molecule has 0 fully saturated rings. The molecule has 0 bridgehead atoms. The Balaban J connectivity index is 2.10. The van der Waals surface area contributed by atoms with Gasteiger partial charge in [-0.2, -0.15) is 0 Å². The van der Waals surface area contributed by atoms with E-state index in [-0.39, 0.29) is 6.61 Å². The molecular weight excluding hydrogens is 180 g/mol. The summed E-state index contributed by atoms with van der Waals surface area (Å²) < 4.78 is 1.88. The summed E-state index contributed by atoms with van der Waals surface area (Å²) in [4.78, 5) is 12.1. The number of rotatable bonds is 3. The van der Waals surface area contributed by atoms with Crippen molar-refractivity contribution < 1.29 is 5.11 Å². The van der Waals surface area contributed by atoms with Crippen molar-refractivity contribution in [2.24, 2.45) is 0 Å². The first-order chi connectivity index (χ1) is 6.88. The molecule has 5 heteroatoms. The first-order valence-electron chi connectivity index (χ1n) is 4.25. The molecule has 0 saturated heterocycles. The van der Waals surface area contributed by atoms with Crippen LogP contribution in [0, 0.1) is 0 Å². The first-order valence-corrected chi connectivity index (χ1v) is 4.25. The predicted molar refractivity (Wildman–Crippen MR) is 49.3 cm³/mol. The highest BCUT2D eigenvalue weighted by molar-refractivity contribution is 5.03. The van der Waals surface area contributed by atoms with E-state index in [2.05, 4.69) is 15.0 Å². The maximum absolute atomic E-state index is 8.79. The maximum Gasteiger partial charge on any atom is 0.147 e. The van der Waals surface area contributed by atoms with Crippen LogP contribution in [-0.4, -0.2) is 24.6 Å². The van der Waals surface area contributed by atoms with Crippen LogP contribution in [0.2, 0.25) is 0 Å². The molecule has 2 aromatic rings. The van der Waals surface area contributed by atoms with E-state index in [4.69, 9.17) is 5.11 Å². The Morgan fingerprint density at radius 2 is 2.07 bits per heavy atom. The number of aromatic nitrogens is 4. The summed E-state index contributed by atoms with van der Waals surface area (Å²) in [5, 5.41) is 8.79. The fourth-order valence-corrected chi connectivity index (χ4v) is 1.09. The summed E-state index contributed by atoms with van der Waals surface area (Å²) in [7, 11) is 0. The Bertz CT molecular complexity index is 382. The molecule has 0 atom stereocenters. The second-order valence-electron chi connectivity index (χ2n) is 2.90. The van der Waals surface area contributed by atoms with Crippen molar-refractivity contribution in [1.29, 1.82) is 0 Å². The average molecular weight is 190 g/mol. The van der Waals surface area contributed by atoms with E-state index in [0.717, 1.165) is 5.56 Å². The normalized spacial score (nSPS) is 10.4. The van der Waals surface area contributed by atoms with Gasteiger partial charge in [0, 0.05) is 30.4 Å². The Kier molecular flexibility index (Phi) is 2.51. The molecule has 0 radical (unpaired) electrons. The smallest absolute Gasteiger partial charge is 0.147 e. The Labute approximate surface area is 81.1 Å². The average Bonchev–Trinajstić information content (AvgIpc) is 2.72. The fourth-order valence-electron chi connectivity index (χ4n) is 1.09. The number of nitrogens with zero attached hydrogens (tertiary/aromatic N) is 4. The second kappa shape index (κ2) is 3.97. The summed E-state index contributed by atoms with van der Waals surface area (Å²) in [5.74, 6) is 0.709. The molecule has 0 aliphatic carbocycles. The van der Waals surface area contributed by atoms with E-state index in [1.54, 1.807) is 24.9 Å². The minimum Gasteiger partial charge on any atom is -0.392 e. The zero-order valence-corrected chi connectivity index (χ0v) is 7.54. The van der Waals surface area contributed by atoms with E-state index in [9.17, 15) is 0 Å². The van der Waals surface area contributed by atoms with Crippen molar-refractivity contribution in [3.63, 3.8) is 0 Å². The lowest BCUT2D eigenvalue weighted by molar-refractivity contribution is 0.280. The zero-order chi connectivity index (χ0) is 9.80. The Hall–Kier alpha value is -1.75. The van der Waals surface area contributed by atoms with Crippen LogP contribution in [0.1, 0.15) is 11.4 Å². The van der Waals surface area contributed by atoms with E-state index in [0.29, 0.717) is 12.4 Å². The van der Waals surface area contributed by atoms with Crippen molar-refractivity contribution in [2.75, 3.05) is 0 Å². The molecule has 72 valence electrons. The van der Waals surface area contributed by atoms with Crippen LogP contribution in [0.15, 0.2) is 31.1 Å². The molecule has 0 amide bonds. The van der Waals surface area contributed by atoms with Gasteiger partial charge in [0.15, 0.2) is 0 Å². The Morgan fingerprint density at radius 1 is 1.29 bits per heavy atom. The van der Waals surface area contributed by atoms with Gasteiger partial charge in [-0.3, -0.25) is 0 Å². The van der Waals surface area contributed by atoms with Crippen molar-refractivity contribution in [2.45, 2.75) is 13.2 Å². The molecule has 2 aromatic heterocycles. The molecule has 1 N–H and O–H groups in total. The number of hydrogen-bond donors (Lipinski definition) is 1. The standard InChI is InChI=1S/C9H10N4O/c14-6-8-3-11-9(12-4-8)5-13-2-1-10-7-13/h1-4,7,14H,5-6H2. The molecule has 0 aliphatic rings. The van der Waals surface area contributed by atoms with Crippen LogP contribution >= 0.6 is 0 Å². The van der Waals surface area contributed by atoms with Crippen LogP contribution in [0.3, 0.4) is 0 Å². The van der Waals surface area contributed by atoms with Gasteiger partial charge in [0.1, 0.15) is 5.82 Å². The molecule has 0 spiro atoms. The molecule has 0 unspecified atom stereocenters. The monoisotopic (exact) mass is 190 g/mol. The van der Waals surface area contributed by atoms with Crippen molar-refractivity contribution in [3.05, 3.63) is 42.5 Å². The number of aliphatic hydroxyl groups excluding tert-OH is 1. The predicted octanol–water partition coefficient (Wildman–Crippen LogP) is 0.214. The third-order valence-electron chi connectivity index (χ3n) is 1.82. The maximum atomic E-state index is 8.79. The molecule has 0 saturated carbocycles. The fraction of sp³-hybridized carbons (Fsp3) is 0.222.